The van der Waals surface area contributed by atoms with Gasteiger partial charge in [0.15, 0.2) is 0 Å². The van der Waals surface area contributed by atoms with Gasteiger partial charge in [-0.2, -0.15) is 0 Å². The van der Waals surface area contributed by atoms with E-state index in [1.165, 1.54) is 71.1 Å². The van der Waals surface area contributed by atoms with E-state index in [9.17, 15) is 0 Å². The Bertz CT molecular complexity index is 2690. The molecule has 0 fully saturated rings. The standard InChI is InChI=1S/C46H32N2/c1-46(2)40-13-7-6-12-36(40)37-22-18-31(28-41(37)46)29-16-20-35(21-17-29)48(34-10-4-3-5-11-34)42-25-19-30-14-15-32-27-33-9-8-26-47-45(33)39-24-23-38(42)43(30)44(32)39/h3-28H,1-2H3. The highest BCUT2D eigenvalue weighted by Gasteiger charge is 2.35. The normalized spacial score (nSPS) is 13.4. The summed E-state index contributed by atoms with van der Waals surface area (Å²) in [5.41, 5.74) is 12.4. The molecule has 1 aromatic heterocycles. The molecule has 48 heavy (non-hydrogen) atoms. The van der Waals surface area contributed by atoms with Crippen molar-refractivity contribution in [2.75, 3.05) is 4.90 Å². The van der Waals surface area contributed by atoms with Gasteiger partial charge in [-0.3, -0.25) is 4.98 Å². The predicted octanol–water partition coefficient (Wildman–Crippen LogP) is 12.6. The summed E-state index contributed by atoms with van der Waals surface area (Å²) in [6, 6.07) is 55.7. The van der Waals surface area contributed by atoms with Crippen LogP contribution in [0.1, 0.15) is 25.0 Å². The van der Waals surface area contributed by atoms with Crippen molar-refractivity contribution in [1.82, 2.24) is 4.98 Å². The van der Waals surface area contributed by atoms with Crippen molar-refractivity contribution in [3.63, 3.8) is 0 Å². The van der Waals surface area contributed by atoms with E-state index in [2.05, 4.69) is 164 Å². The van der Waals surface area contributed by atoms with Gasteiger partial charge in [0.05, 0.1) is 11.2 Å². The molecule has 0 aliphatic heterocycles. The number of para-hydroxylation sites is 1. The van der Waals surface area contributed by atoms with Crippen molar-refractivity contribution in [2.45, 2.75) is 19.3 Å². The van der Waals surface area contributed by atoms with Crippen LogP contribution in [0.4, 0.5) is 17.1 Å². The lowest BCUT2D eigenvalue weighted by atomic mass is 9.81. The number of nitrogens with zero attached hydrogens (tertiary/aromatic N) is 2. The molecule has 0 radical (unpaired) electrons. The number of benzene rings is 8. The third-order valence-corrected chi connectivity index (χ3v) is 10.6. The van der Waals surface area contributed by atoms with E-state index in [0.717, 1.165) is 22.6 Å². The van der Waals surface area contributed by atoms with Crippen LogP contribution in [0.25, 0.3) is 65.5 Å². The monoisotopic (exact) mass is 612 g/mol. The third-order valence-electron chi connectivity index (χ3n) is 10.6. The topological polar surface area (TPSA) is 16.1 Å². The molecule has 0 N–H and O–H groups in total. The van der Waals surface area contributed by atoms with Crippen molar-refractivity contribution in [2.24, 2.45) is 0 Å². The van der Waals surface area contributed by atoms with Gasteiger partial charge in [-0.05, 0) is 103 Å². The largest absolute Gasteiger partial charge is 0.310 e. The molecule has 0 spiro atoms. The Hall–Kier alpha value is -5.99. The van der Waals surface area contributed by atoms with E-state index in [-0.39, 0.29) is 5.41 Å². The van der Waals surface area contributed by atoms with Gasteiger partial charge < -0.3 is 4.90 Å². The quantitative estimate of drug-likeness (QED) is 0.145. The molecule has 1 heterocycles. The highest BCUT2D eigenvalue weighted by atomic mass is 15.1. The van der Waals surface area contributed by atoms with Crippen LogP contribution in [0.5, 0.6) is 0 Å². The molecule has 0 amide bonds. The highest BCUT2D eigenvalue weighted by molar-refractivity contribution is 6.30. The molecule has 0 saturated heterocycles. The van der Waals surface area contributed by atoms with E-state index in [1.54, 1.807) is 0 Å². The molecule has 2 nitrogen and oxygen atoms in total. The molecule has 0 saturated carbocycles. The number of pyridine rings is 1. The fourth-order valence-corrected chi connectivity index (χ4v) is 8.29. The number of hydrogen-bond acceptors (Lipinski definition) is 2. The summed E-state index contributed by atoms with van der Waals surface area (Å²) in [4.78, 5) is 7.20. The van der Waals surface area contributed by atoms with Gasteiger partial charge in [-0.1, -0.05) is 117 Å². The zero-order chi connectivity index (χ0) is 32.0. The molecule has 0 bridgehead atoms. The smallest absolute Gasteiger partial charge is 0.0780 e. The minimum absolute atomic E-state index is 0.0244. The molecule has 0 atom stereocenters. The number of aromatic nitrogens is 1. The van der Waals surface area contributed by atoms with Crippen molar-refractivity contribution in [3.05, 3.63) is 169 Å². The zero-order valence-electron chi connectivity index (χ0n) is 26.9. The second kappa shape index (κ2) is 10.0. The lowest BCUT2D eigenvalue weighted by Gasteiger charge is -2.28. The van der Waals surface area contributed by atoms with Crippen LogP contribution >= 0.6 is 0 Å². The van der Waals surface area contributed by atoms with Gasteiger partial charge >= 0.3 is 0 Å². The van der Waals surface area contributed by atoms with E-state index in [4.69, 9.17) is 4.98 Å². The second-order valence-electron chi connectivity index (χ2n) is 13.6. The lowest BCUT2D eigenvalue weighted by Crippen LogP contribution is -2.14. The van der Waals surface area contributed by atoms with E-state index >= 15 is 0 Å². The first-order valence-corrected chi connectivity index (χ1v) is 16.7. The van der Waals surface area contributed by atoms with Crippen LogP contribution in [0, 0.1) is 0 Å². The average Bonchev–Trinajstić information content (AvgIpc) is 3.37. The van der Waals surface area contributed by atoms with E-state index in [0.29, 0.717) is 0 Å². The Morgan fingerprint density at radius 2 is 1.17 bits per heavy atom. The summed E-state index contributed by atoms with van der Waals surface area (Å²) in [6.07, 6.45) is 1.90. The molecular weight excluding hydrogens is 581 g/mol. The van der Waals surface area contributed by atoms with Crippen molar-refractivity contribution >= 4 is 60.3 Å². The Labute approximate surface area is 279 Å². The molecule has 2 heteroatoms. The Balaban J connectivity index is 1.12. The maximum absolute atomic E-state index is 4.80. The molecule has 10 rings (SSSR count). The van der Waals surface area contributed by atoms with Crippen LogP contribution in [0.15, 0.2) is 158 Å². The van der Waals surface area contributed by atoms with Gasteiger partial charge in [-0.15, -0.1) is 0 Å². The predicted molar refractivity (Wildman–Crippen MR) is 203 cm³/mol. The van der Waals surface area contributed by atoms with Gasteiger partial charge in [0.2, 0.25) is 0 Å². The van der Waals surface area contributed by atoms with Crippen LogP contribution in [0.3, 0.4) is 0 Å². The Morgan fingerprint density at radius 1 is 0.479 bits per heavy atom. The summed E-state index contributed by atoms with van der Waals surface area (Å²) >= 11 is 0. The second-order valence-corrected chi connectivity index (χ2v) is 13.6. The SMILES string of the molecule is CC1(C)c2ccccc2-c2ccc(-c3ccc(N(c4ccccc4)c4ccc5ccc6cc7cccnc7c7ccc4c5c67)cc3)cc21. The van der Waals surface area contributed by atoms with Crippen molar-refractivity contribution in [1.29, 1.82) is 0 Å². The number of rotatable bonds is 4. The average molecular weight is 613 g/mol. The summed E-state index contributed by atoms with van der Waals surface area (Å²) < 4.78 is 0. The number of hydrogen-bond donors (Lipinski definition) is 0. The fraction of sp³-hybridized carbons (Fsp3) is 0.0652. The molecule has 8 aromatic carbocycles. The summed E-state index contributed by atoms with van der Waals surface area (Å²) in [5, 5.41) is 8.66. The summed E-state index contributed by atoms with van der Waals surface area (Å²) in [6.45, 7) is 4.69. The Morgan fingerprint density at radius 3 is 2.04 bits per heavy atom. The van der Waals surface area contributed by atoms with Gasteiger partial charge in [0, 0.05) is 39.1 Å². The molecule has 0 unspecified atom stereocenters. The zero-order valence-corrected chi connectivity index (χ0v) is 26.9. The molecule has 226 valence electrons. The minimum Gasteiger partial charge on any atom is -0.310 e. The van der Waals surface area contributed by atoms with Gasteiger partial charge in [-0.25, -0.2) is 0 Å². The molecule has 1 aliphatic carbocycles. The summed E-state index contributed by atoms with van der Waals surface area (Å²) in [7, 11) is 0. The van der Waals surface area contributed by atoms with Crippen LogP contribution < -0.4 is 4.90 Å². The fourth-order valence-electron chi connectivity index (χ4n) is 8.29. The van der Waals surface area contributed by atoms with Crippen LogP contribution in [-0.2, 0) is 5.41 Å². The third kappa shape index (κ3) is 3.83. The molecular formula is C46H32N2. The first-order valence-electron chi connectivity index (χ1n) is 16.7. The van der Waals surface area contributed by atoms with E-state index in [1.807, 2.05) is 12.3 Å². The Kier molecular flexibility index (Phi) is 5.66. The van der Waals surface area contributed by atoms with Crippen LogP contribution in [-0.4, -0.2) is 4.98 Å². The minimum atomic E-state index is -0.0244. The first kappa shape index (κ1) is 27.2. The number of fused-ring (bicyclic) bond motifs is 5. The maximum Gasteiger partial charge on any atom is 0.0780 e. The van der Waals surface area contributed by atoms with E-state index < -0.39 is 0 Å². The number of anilines is 3. The van der Waals surface area contributed by atoms with Crippen LogP contribution in [0.2, 0.25) is 0 Å². The van der Waals surface area contributed by atoms with Gasteiger partial charge in [0.1, 0.15) is 0 Å². The highest BCUT2D eigenvalue weighted by Crippen LogP contribution is 2.50. The van der Waals surface area contributed by atoms with Crippen molar-refractivity contribution in [3.8, 4) is 22.3 Å². The van der Waals surface area contributed by atoms with Gasteiger partial charge in [0.25, 0.3) is 0 Å². The first-order chi connectivity index (χ1) is 23.6. The lowest BCUT2D eigenvalue weighted by molar-refractivity contribution is 0.660. The maximum atomic E-state index is 4.80. The van der Waals surface area contributed by atoms with Crippen molar-refractivity contribution < 1.29 is 0 Å². The molecule has 1 aliphatic rings. The molecule has 9 aromatic rings. The summed E-state index contributed by atoms with van der Waals surface area (Å²) in [5.74, 6) is 0.